The second-order valence-electron chi connectivity index (χ2n) is 1.14. The van der Waals surface area contributed by atoms with Crippen molar-refractivity contribution in [3.05, 3.63) is 18.2 Å². The van der Waals surface area contributed by atoms with E-state index in [0.717, 1.165) is 0 Å². The van der Waals surface area contributed by atoms with Crippen molar-refractivity contribution >= 4 is 7.92 Å². The first-order valence-corrected chi connectivity index (χ1v) is 2.82. The van der Waals surface area contributed by atoms with Gasteiger partial charge in [0.2, 0.25) is 0 Å². The van der Waals surface area contributed by atoms with Crippen molar-refractivity contribution < 1.29 is 4.57 Å². The Hall–Kier alpha value is -0.780. The summed E-state index contributed by atoms with van der Waals surface area (Å²) in [6, 6.07) is 0. The average molecular weight is 126 g/mol. The number of imidazole rings is 1. The van der Waals surface area contributed by atoms with Gasteiger partial charge in [-0.2, -0.15) is 0 Å². The molecule has 0 spiro atoms. The van der Waals surface area contributed by atoms with Crippen molar-refractivity contribution in [3.63, 3.8) is 0 Å². The predicted molar refractivity (Wildman–Crippen MR) is 29.2 cm³/mol. The Morgan fingerprint density at radius 1 is 1.88 bits per heavy atom. The van der Waals surface area contributed by atoms with E-state index < -0.39 is 0 Å². The third-order valence-corrected chi connectivity index (χ3v) is 0.953. The Labute approximate surface area is 47.3 Å². The van der Waals surface area contributed by atoms with Crippen molar-refractivity contribution in [1.29, 1.82) is 0 Å². The summed E-state index contributed by atoms with van der Waals surface area (Å²) in [6.45, 7) is 0. The standard InChI is InChI=1S/C4H3N2OP/c7-8-3-4-5-1-2-6-4/h1-2H,(H,5,6). The zero-order chi connectivity index (χ0) is 5.82. The normalized spacial score (nSPS) is 8.00. The summed E-state index contributed by atoms with van der Waals surface area (Å²) >= 11 is 0. The van der Waals surface area contributed by atoms with E-state index in [2.05, 4.69) is 15.6 Å². The number of rotatable bonds is 0. The summed E-state index contributed by atoms with van der Waals surface area (Å²) in [4.78, 5) is 6.44. The minimum absolute atomic E-state index is 0.138. The molecule has 0 atom stereocenters. The van der Waals surface area contributed by atoms with Gasteiger partial charge in [-0.1, -0.05) is 0 Å². The van der Waals surface area contributed by atoms with Crippen molar-refractivity contribution in [2.75, 3.05) is 0 Å². The number of H-pyrrole nitrogens is 1. The van der Waals surface area contributed by atoms with Crippen LogP contribution in [0.25, 0.3) is 0 Å². The van der Waals surface area contributed by atoms with E-state index >= 15 is 0 Å². The van der Waals surface area contributed by atoms with Gasteiger partial charge in [0.25, 0.3) is 0 Å². The molecule has 1 rings (SSSR count). The fourth-order valence-corrected chi connectivity index (χ4v) is 0.578. The van der Waals surface area contributed by atoms with Gasteiger partial charge in [0.1, 0.15) is 0 Å². The summed E-state index contributed by atoms with van der Waals surface area (Å²) in [5, 5.41) is 0. The number of nitrogens with zero attached hydrogens (tertiary/aromatic N) is 1. The fourth-order valence-electron chi connectivity index (χ4n) is 0.370. The first-order chi connectivity index (χ1) is 3.93. The van der Waals surface area contributed by atoms with Crippen LogP contribution in [-0.2, 0) is 4.57 Å². The summed E-state index contributed by atoms with van der Waals surface area (Å²) in [5.41, 5.74) is 2.44. The molecule has 0 saturated carbocycles. The monoisotopic (exact) mass is 126 g/mol. The third kappa shape index (κ3) is 1.09. The molecular formula is C4H3N2OP. The summed E-state index contributed by atoms with van der Waals surface area (Å²) < 4.78 is 9.80. The molecule has 8 heavy (non-hydrogen) atoms. The number of hydrogen-bond donors (Lipinski definition) is 1. The van der Waals surface area contributed by atoms with Gasteiger partial charge in [-0.15, -0.1) is 0 Å². The quantitative estimate of drug-likeness (QED) is 0.527. The second-order valence-corrected chi connectivity index (χ2v) is 1.55. The van der Waals surface area contributed by atoms with Crippen molar-refractivity contribution in [1.82, 2.24) is 9.97 Å². The maximum atomic E-state index is 9.80. The van der Waals surface area contributed by atoms with Crippen molar-refractivity contribution in [2.45, 2.75) is 0 Å². The molecule has 3 nitrogen and oxygen atoms in total. The van der Waals surface area contributed by atoms with Crippen LogP contribution in [0.15, 0.2) is 12.4 Å². The van der Waals surface area contributed by atoms with E-state index in [9.17, 15) is 4.57 Å². The molecule has 1 N–H and O–H groups in total. The zero-order valence-corrected chi connectivity index (χ0v) is 4.85. The number of aromatic nitrogens is 2. The molecule has 0 aliphatic heterocycles. The SMILES string of the molecule is O=P#Cc1ncc[nH]1. The molecule has 0 unspecified atom stereocenters. The van der Waals surface area contributed by atoms with Crippen molar-refractivity contribution in [2.24, 2.45) is 0 Å². The molecule has 1 heterocycles. The van der Waals surface area contributed by atoms with Gasteiger partial charge >= 0.3 is 46.3 Å². The van der Waals surface area contributed by atoms with Gasteiger partial charge in [0.15, 0.2) is 0 Å². The number of aromatic amines is 1. The van der Waals surface area contributed by atoms with Crippen LogP contribution in [0, 0.1) is 5.63 Å². The van der Waals surface area contributed by atoms with Gasteiger partial charge in [-0.05, 0) is 0 Å². The molecule has 0 radical (unpaired) electrons. The maximum absolute atomic E-state index is 9.80. The van der Waals surface area contributed by atoms with Crippen LogP contribution < -0.4 is 0 Å². The van der Waals surface area contributed by atoms with Crippen LogP contribution in [0.3, 0.4) is 0 Å². The molecule has 1 aromatic rings. The van der Waals surface area contributed by atoms with Crippen LogP contribution in [0.4, 0.5) is 0 Å². The van der Waals surface area contributed by atoms with Crippen LogP contribution >= 0.6 is 7.92 Å². The second kappa shape index (κ2) is 2.51. The van der Waals surface area contributed by atoms with E-state index in [0.29, 0.717) is 5.82 Å². The predicted octanol–water partition coefficient (Wildman–Crippen LogP) is 1.01. The third-order valence-electron chi connectivity index (χ3n) is 0.650. The Kier molecular flexibility index (Phi) is 1.68. The minimum atomic E-state index is -0.138. The van der Waals surface area contributed by atoms with E-state index in [-0.39, 0.29) is 7.92 Å². The van der Waals surface area contributed by atoms with E-state index in [1.165, 1.54) is 0 Å². The number of hydrogen-bond acceptors (Lipinski definition) is 2. The van der Waals surface area contributed by atoms with Crippen LogP contribution in [0.1, 0.15) is 5.82 Å². The topological polar surface area (TPSA) is 45.8 Å². The van der Waals surface area contributed by atoms with Crippen LogP contribution in [-0.4, -0.2) is 9.97 Å². The molecule has 0 aromatic carbocycles. The van der Waals surface area contributed by atoms with Gasteiger partial charge in [0, 0.05) is 0 Å². The molecule has 40 valence electrons. The molecule has 0 saturated heterocycles. The van der Waals surface area contributed by atoms with E-state index in [1.54, 1.807) is 12.4 Å². The van der Waals surface area contributed by atoms with E-state index in [4.69, 9.17) is 0 Å². The fraction of sp³-hybridized carbons (Fsp3) is 0. The molecule has 0 bridgehead atoms. The average Bonchev–Trinajstić information content (AvgIpc) is 2.19. The molecule has 0 fully saturated rings. The summed E-state index contributed by atoms with van der Waals surface area (Å²) in [6.07, 6.45) is 3.22. The molecule has 0 aliphatic carbocycles. The van der Waals surface area contributed by atoms with Crippen molar-refractivity contribution in [3.8, 4) is 5.63 Å². The summed E-state index contributed by atoms with van der Waals surface area (Å²) in [5.74, 6) is 0.515. The first-order valence-electron chi connectivity index (χ1n) is 2.01. The van der Waals surface area contributed by atoms with E-state index in [1.807, 2.05) is 0 Å². The Bertz CT molecular complexity index is 247. The van der Waals surface area contributed by atoms with Gasteiger partial charge in [-0.25, -0.2) is 0 Å². The van der Waals surface area contributed by atoms with Gasteiger partial charge in [0.05, 0.1) is 0 Å². The first kappa shape index (κ1) is 5.36. The Morgan fingerprint density at radius 3 is 3.25 bits per heavy atom. The Balaban J connectivity index is 3.04. The Morgan fingerprint density at radius 2 is 2.75 bits per heavy atom. The molecular weight excluding hydrogens is 123 g/mol. The molecule has 0 amide bonds. The van der Waals surface area contributed by atoms with Gasteiger partial charge in [-0.3, -0.25) is 0 Å². The summed E-state index contributed by atoms with van der Waals surface area (Å²) in [7, 11) is -0.138. The molecule has 1 aromatic heterocycles. The zero-order valence-electron chi connectivity index (χ0n) is 3.96. The van der Waals surface area contributed by atoms with Crippen LogP contribution in [0.2, 0.25) is 0 Å². The number of nitrogens with one attached hydrogen (secondary N) is 1. The molecule has 0 aliphatic rings. The van der Waals surface area contributed by atoms with Gasteiger partial charge < -0.3 is 0 Å². The van der Waals surface area contributed by atoms with Crippen LogP contribution in [0.5, 0.6) is 0 Å². The molecule has 4 heteroatoms.